The van der Waals surface area contributed by atoms with Crippen LogP contribution in [0.15, 0.2) is 36.9 Å². The minimum atomic E-state index is 0.211. The van der Waals surface area contributed by atoms with Crippen molar-refractivity contribution in [3.05, 3.63) is 36.9 Å². The molecule has 0 unspecified atom stereocenters. The number of para-hydroxylation sites is 2. The maximum absolute atomic E-state index is 5.90. The maximum Gasteiger partial charge on any atom is 0.142 e. The second-order valence-corrected chi connectivity index (χ2v) is 5.21. The molecule has 3 heteroatoms. The summed E-state index contributed by atoms with van der Waals surface area (Å²) in [5.41, 5.74) is 1.22. The van der Waals surface area contributed by atoms with Crippen LogP contribution in [0.2, 0.25) is 0 Å². The quantitative estimate of drug-likeness (QED) is 0.757. The van der Waals surface area contributed by atoms with E-state index in [1.54, 1.807) is 0 Å². The molecule has 0 N–H and O–H groups in total. The van der Waals surface area contributed by atoms with Gasteiger partial charge in [0.05, 0.1) is 11.8 Å². The Hall–Kier alpha value is -1.48. The highest BCUT2D eigenvalue weighted by molar-refractivity contribution is 5.58. The first-order valence-corrected chi connectivity index (χ1v) is 7.04. The molecule has 1 fully saturated rings. The van der Waals surface area contributed by atoms with Gasteiger partial charge in [0, 0.05) is 32.7 Å². The van der Waals surface area contributed by atoms with E-state index in [0.717, 1.165) is 38.5 Å². The van der Waals surface area contributed by atoms with E-state index in [4.69, 9.17) is 4.74 Å². The number of piperazine rings is 1. The minimum absolute atomic E-state index is 0.211. The maximum atomic E-state index is 5.90. The van der Waals surface area contributed by atoms with Crippen molar-refractivity contribution in [3.63, 3.8) is 0 Å². The Morgan fingerprint density at radius 3 is 2.53 bits per heavy atom. The van der Waals surface area contributed by atoms with Crippen LogP contribution in [0.4, 0.5) is 5.69 Å². The largest absolute Gasteiger partial charge is 0.489 e. The molecule has 19 heavy (non-hydrogen) atoms. The van der Waals surface area contributed by atoms with Gasteiger partial charge in [-0.05, 0) is 26.0 Å². The van der Waals surface area contributed by atoms with Gasteiger partial charge >= 0.3 is 0 Å². The second kappa shape index (κ2) is 6.62. The lowest BCUT2D eigenvalue weighted by Crippen LogP contribution is -2.46. The Morgan fingerprint density at radius 1 is 1.21 bits per heavy atom. The van der Waals surface area contributed by atoms with E-state index in [2.05, 4.69) is 48.4 Å². The van der Waals surface area contributed by atoms with Gasteiger partial charge in [-0.2, -0.15) is 0 Å². The number of hydrogen-bond acceptors (Lipinski definition) is 3. The van der Waals surface area contributed by atoms with Crippen molar-refractivity contribution in [1.29, 1.82) is 0 Å². The number of hydrogen-bond donors (Lipinski definition) is 0. The van der Waals surface area contributed by atoms with Gasteiger partial charge in [0.25, 0.3) is 0 Å². The lowest BCUT2D eigenvalue weighted by atomic mass is 10.2. The molecule has 0 aromatic heterocycles. The standard InChI is InChI=1S/C16H24N2O/c1-4-9-17-10-12-18(13-11-17)15-7-5-6-8-16(15)19-14(2)3/h4-8,14H,1,9-13H2,2-3H3. The Bertz CT molecular complexity index is 409. The van der Waals surface area contributed by atoms with Gasteiger partial charge in [-0.3, -0.25) is 4.90 Å². The van der Waals surface area contributed by atoms with E-state index < -0.39 is 0 Å². The van der Waals surface area contributed by atoms with E-state index in [-0.39, 0.29) is 6.10 Å². The molecule has 0 saturated carbocycles. The monoisotopic (exact) mass is 260 g/mol. The Labute approximate surface area is 116 Å². The summed E-state index contributed by atoms with van der Waals surface area (Å²) in [5.74, 6) is 0.995. The third kappa shape index (κ3) is 3.74. The SMILES string of the molecule is C=CCN1CCN(c2ccccc2OC(C)C)CC1. The molecule has 0 amide bonds. The third-order valence-corrected chi connectivity index (χ3v) is 3.33. The summed E-state index contributed by atoms with van der Waals surface area (Å²) < 4.78 is 5.90. The fourth-order valence-corrected chi connectivity index (χ4v) is 2.43. The molecule has 1 aromatic carbocycles. The van der Waals surface area contributed by atoms with Crippen molar-refractivity contribution in [1.82, 2.24) is 4.90 Å². The highest BCUT2D eigenvalue weighted by Gasteiger charge is 2.19. The first kappa shape index (κ1) is 13.9. The van der Waals surface area contributed by atoms with Crippen molar-refractivity contribution in [2.24, 2.45) is 0 Å². The summed E-state index contributed by atoms with van der Waals surface area (Å²) in [6.07, 6.45) is 2.19. The van der Waals surface area contributed by atoms with Gasteiger partial charge in [0.15, 0.2) is 0 Å². The van der Waals surface area contributed by atoms with Crippen molar-refractivity contribution < 1.29 is 4.74 Å². The highest BCUT2D eigenvalue weighted by Crippen LogP contribution is 2.29. The van der Waals surface area contributed by atoms with Crippen molar-refractivity contribution >= 4 is 5.69 Å². The van der Waals surface area contributed by atoms with Gasteiger partial charge in [-0.25, -0.2) is 0 Å². The van der Waals surface area contributed by atoms with E-state index in [1.165, 1.54) is 5.69 Å². The summed E-state index contributed by atoms with van der Waals surface area (Å²) >= 11 is 0. The number of anilines is 1. The molecular weight excluding hydrogens is 236 g/mol. The normalized spacial score (nSPS) is 16.7. The molecule has 1 aromatic rings. The minimum Gasteiger partial charge on any atom is -0.489 e. The molecule has 1 heterocycles. The number of benzene rings is 1. The molecule has 0 radical (unpaired) electrons. The topological polar surface area (TPSA) is 15.7 Å². The Balaban J connectivity index is 2.04. The summed E-state index contributed by atoms with van der Waals surface area (Å²) in [6.45, 7) is 13.2. The van der Waals surface area contributed by atoms with Gasteiger partial charge in [-0.15, -0.1) is 6.58 Å². The molecule has 3 nitrogen and oxygen atoms in total. The third-order valence-electron chi connectivity index (χ3n) is 3.33. The van der Waals surface area contributed by atoms with Crippen LogP contribution in [0.5, 0.6) is 5.75 Å². The molecule has 1 aliphatic rings. The molecule has 1 aliphatic heterocycles. The molecule has 1 saturated heterocycles. The van der Waals surface area contributed by atoms with Gasteiger partial charge < -0.3 is 9.64 Å². The van der Waals surface area contributed by atoms with Crippen LogP contribution >= 0.6 is 0 Å². The fourth-order valence-electron chi connectivity index (χ4n) is 2.43. The first-order chi connectivity index (χ1) is 9.20. The van der Waals surface area contributed by atoms with Crippen molar-refractivity contribution in [2.45, 2.75) is 20.0 Å². The zero-order valence-electron chi connectivity index (χ0n) is 12.0. The average molecular weight is 260 g/mol. The number of ether oxygens (including phenoxy) is 1. The van der Waals surface area contributed by atoms with Crippen molar-refractivity contribution in [2.75, 3.05) is 37.6 Å². The van der Waals surface area contributed by atoms with Crippen LogP contribution in [0.1, 0.15) is 13.8 Å². The molecular formula is C16H24N2O. The Kier molecular flexibility index (Phi) is 4.86. The molecule has 2 rings (SSSR count). The van der Waals surface area contributed by atoms with Gasteiger partial charge in [-0.1, -0.05) is 18.2 Å². The predicted octanol–water partition coefficient (Wildman–Crippen LogP) is 2.78. The zero-order valence-corrected chi connectivity index (χ0v) is 12.0. The van der Waals surface area contributed by atoms with E-state index in [9.17, 15) is 0 Å². The Morgan fingerprint density at radius 2 is 1.89 bits per heavy atom. The highest BCUT2D eigenvalue weighted by atomic mass is 16.5. The van der Waals surface area contributed by atoms with Crippen LogP contribution in [0.3, 0.4) is 0 Å². The number of nitrogens with zero attached hydrogens (tertiary/aromatic N) is 2. The van der Waals surface area contributed by atoms with Crippen LogP contribution in [0, 0.1) is 0 Å². The number of rotatable bonds is 5. The fraction of sp³-hybridized carbons (Fsp3) is 0.500. The molecule has 0 bridgehead atoms. The summed E-state index contributed by atoms with van der Waals surface area (Å²) in [5, 5.41) is 0. The summed E-state index contributed by atoms with van der Waals surface area (Å²) in [7, 11) is 0. The second-order valence-electron chi connectivity index (χ2n) is 5.21. The lowest BCUT2D eigenvalue weighted by Gasteiger charge is -2.36. The molecule has 0 spiro atoms. The molecule has 0 atom stereocenters. The van der Waals surface area contributed by atoms with Gasteiger partial charge in [0.1, 0.15) is 5.75 Å². The smallest absolute Gasteiger partial charge is 0.142 e. The van der Waals surface area contributed by atoms with E-state index in [0.29, 0.717) is 0 Å². The summed E-state index contributed by atoms with van der Waals surface area (Å²) in [6, 6.07) is 8.33. The predicted molar refractivity (Wildman–Crippen MR) is 81.1 cm³/mol. The first-order valence-electron chi connectivity index (χ1n) is 7.04. The molecule has 104 valence electrons. The zero-order chi connectivity index (χ0) is 13.7. The molecule has 0 aliphatic carbocycles. The van der Waals surface area contributed by atoms with E-state index in [1.807, 2.05) is 12.1 Å². The summed E-state index contributed by atoms with van der Waals surface area (Å²) in [4.78, 5) is 4.84. The van der Waals surface area contributed by atoms with Crippen molar-refractivity contribution in [3.8, 4) is 5.75 Å². The van der Waals surface area contributed by atoms with Crippen LogP contribution in [-0.2, 0) is 0 Å². The average Bonchev–Trinajstić information content (AvgIpc) is 2.40. The van der Waals surface area contributed by atoms with E-state index >= 15 is 0 Å². The van der Waals surface area contributed by atoms with Crippen LogP contribution < -0.4 is 9.64 Å². The van der Waals surface area contributed by atoms with Crippen LogP contribution in [0.25, 0.3) is 0 Å². The van der Waals surface area contributed by atoms with Gasteiger partial charge in [0.2, 0.25) is 0 Å². The lowest BCUT2D eigenvalue weighted by molar-refractivity contribution is 0.240. The van der Waals surface area contributed by atoms with Crippen LogP contribution in [-0.4, -0.2) is 43.7 Å².